The van der Waals surface area contributed by atoms with Crippen molar-refractivity contribution in [2.45, 2.75) is 11.8 Å². The van der Waals surface area contributed by atoms with Crippen LogP contribution in [0.4, 0.5) is 17.1 Å². The lowest BCUT2D eigenvalue weighted by Gasteiger charge is -2.40. The predicted molar refractivity (Wildman–Crippen MR) is 266 cm³/mol. The normalized spacial score (nSPS) is 16.5. The first-order valence-electron chi connectivity index (χ1n) is 22.3. The van der Waals surface area contributed by atoms with E-state index in [1.165, 1.54) is 60.8 Å². The highest BCUT2D eigenvalue weighted by Crippen LogP contribution is 2.59. The van der Waals surface area contributed by atoms with Crippen molar-refractivity contribution in [3.8, 4) is 27.9 Å². The first kappa shape index (κ1) is 36.5. The lowest BCUT2D eigenvalue weighted by atomic mass is 9.62. The van der Waals surface area contributed by atoms with Gasteiger partial charge < -0.3 is 13.9 Å². The van der Waals surface area contributed by atoms with Crippen molar-refractivity contribution in [2.75, 3.05) is 4.90 Å². The van der Waals surface area contributed by atoms with Crippen LogP contribution in [0.25, 0.3) is 71.7 Å². The largest absolute Gasteiger partial charge is 0.456 e. The summed E-state index contributed by atoms with van der Waals surface area (Å²) in [6.45, 7) is 0. The second kappa shape index (κ2) is 14.5. The van der Waals surface area contributed by atoms with Crippen LogP contribution in [0.5, 0.6) is 0 Å². The van der Waals surface area contributed by atoms with Crippen LogP contribution in [0.1, 0.15) is 23.1 Å². The molecule has 0 aliphatic heterocycles. The summed E-state index contributed by atoms with van der Waals surface area (Å²) in [6.07, 6.45) is 10.1. The van der Waals surface area contributed by atoms with Gasteiger partial charge >= 0.3 is 0 Å². The van der Waals surface area contributed by atoms with Crippen molar-refractivity contribution >= 4 is 60.8 Å². The second-order valence-electron chi connectivity index (χ2n) is 17.2. The van der Waals surface area contributed by atoms with Crippen LogP contribution in [-0.4, -0.2) is 4.57 Å². The zero-order chi connectivity index (χ0) is 42.2. The van der Waals surface area contributed by atoms with E-state index in [9.17, 15) is 0 Å². The zero-order valence-electron chi connectivity index (χ0n) is 35.1. The number of benzene rings is 9. The van der Waals surface area contributed by atoms with Gasteiger partial charge in [-0.25, -0.2) is 0 Å². The number of hydrogen-bond acceptors (Lipinski definition) is 2. The number of rotatable bonds is 7. The SMILES string of the molecule is C1=CCC(C2(c3ccccc3)c3ccccc3-c3ccc(N(c4ccc(-c5ccc6c(c5)c5ccccc5n6-c5ccccc5)cc4)c4ccc5c(c4)oc4ccccc45)cc32)C=C1. The molecule has 2 aliphatic carbocycles. The molecule has 2 aromatic heterocycles. The highest BCUT2D eigenvalue weighted by molar-refractivity contribution is 6.10. The summed E-state index contributed by atoms with van der Waals surface area (Å²) in [5.41, 5.74) is 17.1. The maximum atomic E-state index is 6.53. The number of nitrogens with zero attached hydrogens (tertiary/aromatic N) is 2. The van der Waals surface area contributed by atoms with Crippen LogP contribution < -0.4 is 4.90 Å². The van der Waals surface area contributed by atoms with Crippen molar-refractivity contribution in [1.82, 2.24) is 4.57 Å². The summed E-state index contributed by atoms with van der Waals surface area (Å²) in [5.74, 6) is 0.233. The number of aromatic nitrogens is 1. The summed E-state index contributed by atoms with van der Waals surface area (Å²) >= 11 is 0. The molecular weight excluding hydrogens is 777 g/mol. The topological polar surface area (TPSA) is 21.3 Å². The molecule has 302 valence electrons. The third-order valence-electron chi connectivity index (χ3n) is 13.9. The van der Waals surface area contributed by atoms with Crippen LogP contribution in [0.15, 0.2) is 241 Å². The average molecular weight is 819 g/mol. The quantitative estimate of drug-likeness (QED) is 0.160. The Morgan fingerprint density at radius 3 is 1.95 bits per heavy atom. The van der Waals surface area contributed by atoms with Crippen LogP contribution in [0, 0.1) is 5.92 Å². The van der Waals surface area contributed by atoms with Gasteiger partial charge in [0, 0.05) is 50.4 Å². The molecule has 0 bridgehead atoms. The van der Waals surface area contributed by atoms with Crippen molar-refractivity contribution < 1.29 is 4.42 Å². The Kier molecular flexibility index (Phi) is 8.26. The summed E-state index contributed by atoms with van der Waals surface area (Å²) in [7, 11) is 0. The molecule has 2 atom stereocenters. The minimum absolute atomic E-state index is 0.233. The molecule has 0 spiro atoms. The van der Waals surface area contributed by atoms with Gasteiger partial charge in [0.1, 0.15) is 11.2 Å². The van der Waals surface area contributed by atoms with Crippen molar-refractivity contribution in [2.24, 2.45) is 5.92 Å². The van der Waals surface area contributed by atoms with Crippen molar-refractivity contribution in [3.63, 3.8) is 0 Å². The van der Waals surface area contributed by atoms with E-state index >= 15 is 0 Å². The number of fused-ring (bicyclic) bond motifs is 9. The summed E-state index contributed by atoms with van der Waals surface area (Å²) in [5, 5.41) is 4.73. The molecule has 0 saturated carbocycles. The Labute approximate surface area is 372 Å². The Morgan fingerprint density at radius 2 is 1.11 bits per heavy atom. The molecule has 13 rings (SSSR count). The molecule has 0 saturated heterocycles. The Hall–Kier alpha value is -8.14. The maximum absolute atomic E-state index is 6.53. The highest BCUT2D eigenvalue weighted by Gasteiger charge is 2.49. The standard InChI is InChI=1S/C61H42N2O/c1-4-16-43(17-5-1)61(44-18-6-2-7-19-44)55-25-13-10-22-49(55)50-35-33-47(39-56(50)61)62(48-34-36-53-52-24-12-15-27-59(52)64-60(53)40-48)46-31-28-41(29-32-46)42-30-37-58-54(38-42)51-23-11-14-26-57(51)63(58)45-20-8-3-9-21-45/h1-18,20-40,44H,19H2. The average Bonchev–Trinajstić information content (AvgIpc) is 4.01. The van der Waals surface area contributed by atoms with Gasteiger partial charge in [-0.15, -0.1) is 0 Å². The fraction of sp³-hybridized carbons (Fsp3) is 0.0492. The van der Waals surface area contributed by atoms with E-state index in [0.29, 0.717) is 0 Å². The van der Waals surface area contributed by atoms with Crippen LogP contribution in [-0.2, 0) is 5.41 Å². The van der Waals surface area contributed by atoms with E-state index in [2.05, 4.69) is 240 Å². The Morgan fingerprint density at radius 1 is 0.453 bits per heavy atom. The number of furan rings is 1. The van der Waals surface area contributed by atoms with Crippen LogP contribution in [0.3, 0.4) is 0 Å². The first-order chi connectivity index (χ1) is 31.7. The zero-order valence-corrected chi connectivity index (χ0v) is 35.1. The lowest BCUT2D eigenvalue weighted by Crippen LogP contribution is -2.35. The number of allylic oxidation sites excluding steroid dienone is 4. The molecule has 3 nitrogen and oxygen atoms in total. The van der Waals surface area contributed by atoms with E-state index in [1.807, 2.05) is 6.07 Å². The fourth-order valence-electron chi connectivity index (χ4n) is 11.1. The summed E-state index contributed by atoms with van der Waals surface area (Å²) in [4.78, 5) is 2.41. The van der Waals surface area contributed by atoms with Crippen LogP contribution >= 0.6 is 0 Å². The molecule has 64 heavy (non-hydrogen) atoms. The maximum Gasteiger partial charge on any atom is 0.137 e. The molecule has 9 aromatic carbocycles. The van der Waals surface area contributed by atoms with E-state index in [4.69, 9.17) is 4.42 Å². The van der Waals surface area contributed by atoms with E-state index in [1.54, 1.807) is 0 Å². The van der Waals surface area contributed by atoms with Gasteiger partial charge in [-0.1, -0.05) is 158 Å². The lowest BCUT2D eigenvalue weighted by molar-refractivity contribution is 0.457. The minimum Gasteiger partial charge on any atom is -0.456 e. The van der Waals surface area contributed by atoms with Crippen molar-refractivity contribution in [3.05, 3.63) is 253 Å². The molecule has 0 fully saturated rings. The number of hydrogen-bond donors (Lipinski definition) is 0. The molecule has 2 aliphatic rings. The third kappa shape index (κ3) is 5.47. The van der Waals surface area contributed by atoms with Gasteiger partial charge in [-0.05, 0) is 124 Å². The second-order valence-corrected chi connectivity index (χ2v) is 17.2. The minimum atomic E-state index is -0.384. The predicted octanol–water partition coefficient (Wildman–Crippen LogP) is 16.3. The summed E-state index contributed by atoms with van der Waals surface area (Å²) in [6, 6.07) is 77.7. The van der Waals surface area contributed by atoms with Gasteiger partial charge in [0.05, 0.1) is 16.4 Å². The fourth-order valence-corrected chi connectivity index (χ4v) is 11.1. The van der Waals surface area contributed by atoms with Crippen molar-refractivity contribution in [1.29, 1.82) is 0 Å². The molecule has 2 unspecified atom stereocenters. The number of para-hydroxylation sites is 3. The molecule has 11 aromatic rings. The van der Waals surface area contributed by atoms with Crippen LogP contribution in [0.2, 0.25) is 0 Å². The van der Waals surface area contributed by atoms with Gasteiger partial charge in [0.15, 0.2) is 0 Å². The smallest absolute Gasteiger partial charge is 0.137 e. The molecular formula is C61H42N2O. The van der Waals surface area contributed by atoms with Gasteiger partial charge in [-0.2, -0.15) is 0 Å². The van der Waals surface area contributed by atoms with E-state index < -0.39 is 0 Å². The monoisotopic (exact) mass is 818 g/mol. The van der Waals surface area contributed by atoms with E-state index in [0.717, 1.165) is 51.1 Å². The molecule has 3 heteroatoms. The molecule has 0 N–H and O–H groups in total. The van der Waals surface area contributed by atoms with Gasteiger partial charge in [0.2, 0.25) is 0 Å². The van der Waals surface area contributed by atoms with Gasteiger partial charge in [-0.3, -0.25) is 0 Å². The summed E-state index contributed by atoms with van der Waals surface area (Å²) < 4.78 is 8.90. The Bertz CT molecular complexity index is 3650. The molecule has 0 radical (unpaired) electrons. The molecule has 0 amide bonds. The number of anilines is 3. The third-order valence-corrected chi connectivity index (χ3v) is 13.9. The van der Waals surface area contributed by atoms with Gasteiger partial charge in [0.25, 0.3) is 0 Å². The highest BCUT2D eigenvalue weighted by atomic mass is 16.3. The first-order valence-corrected chi connectivity index (χ1v) is 22.3. The molecule has 2 heterocycles. The van der Waals surface area contributed by atoms with E-state index in [-0.39, 0.29) is 11.3 Å². The Balaban J connectivity index is 0.984.